The van der Waals surface area contributed by atoms with Crippen LogP contribution in [0.25, 0.3) is 0 Å². The van der Waals surface area contributed by atoms with E-state index < -0.39 is 0 Å². The summed E-state index contributed by atoms with van der Waals surface area (Å²) in [5.41, 5.74) is 0. The zero-order valence-corrected chi connectivity index (χ0v) is 18.6. The second-order valence-electron chi connectivity index (χ2n) is 4.97. The molecule has 2 heterocycles. The Hall–Kier alpha value is -1.10. The third-order valence-corrected chi connectivity index (χ3v) is 10.2. The summed E-state index contributed by atoms with van der Waals surface area (Å²) in [6, 6.07) is 16.2. The molecule has 0 spiro atoms. The first kappa shape index (κ1) is 19.2. The van der Waals surface area contributed by atoms with Crippen molar-refractivity contribution in [1.82, 2.24) is 9.97 Å². The van der Waals surface area contributed by atoms with Gasteiger partial charge in [-0.2, -0.15) is 0 Å². The van der Waals surface area contributed by atoms with Crippen LogP contribution in [0.15, 0.2) is 90.2 Å². The fourth-order valence-electron chi connectivity index (χ4n) is 1.93. The van der Waals surface area contributed by atoms with E-state index >= 15 is 0 Å². The minimum atomic E-state index is 0.830. The lowest BCUT2D eigenvalue weighted by atomic mass is 10.3. The van der Waals surface area contributed by atoms with Gasteiger partial charge in [-0.1, -0.05) is 21.6 Å². The van der Waals surface area contributed by atoms with Gasteiger partial charge in [0.25, 0.3) is 0 Å². The van der Waals surface area contributed by atoms with Gasteiger partial charge in [0.15, 0.2) is 8.68 Å². The van der Waals surface area contributed by atoms with Crippen molar-refractivity contribution in [3.8, 4) is 11.5 Å². The molecular weight excluding hydrogens is 453 g/mol. The maximum atomic E-state index is 5.94. The first-order chi connectivity index (χ1) is 13.3. The Kier molecular flexibility index (Phi) is 7.05. The molecule has 27 heavy (non-hydrogen) atoms. The van der Waals surface area contributed by atoms with Crippen LogP contribution in [0.5, 0.6) is 11.5 Å². The summed E-state index contributed by atoms with van der Waals surface area (Å²) in [5, 5.41) is 3.97. The van der Waals surface area contributed by atoms with Gasteiger partial charge < -0.3 is 4.74 Å². The number of hydrogen-bond donors (Lipinski definition) is 0. The van der Waals surface area contributed by atoms with Crippen molar-refractivity contribution in [3.05, 3.63) is 71.7 Å². The van der Waals surface area contributed by atoms with Gasteiger partial charge in [0.1, 0.15) is 11.5 Å². The molecule has 0 amide bonds. The predicted molar refractivity (Wildman–Crippen MR) is 121 cm³/mol. The third-order valence-electron chi connectivity index (χ3n) is 3.12. The van der Waals surface area contributed by atoms with Crippen LogP contribution in [-0.4, -0.2) is 9.97 Å². The summed E-state index contributed by atoms with van der Waals surface area (Å²) in [6.07, 6.45) is 3.65. The van der Waals surface area contributed by atoms with Gasteiger partial charge in [-0.15, -0.1) is 22.7 Å². The quantitative estimate of drug-likeness (QED) is 0.244. The Balaban J connectivity index is 1.29. The van der Waals surface area contributed by atoms with Gasteiger partial charge in [0.2, 0.25) is 0 Å². The second kappa shape index (κ2) is 9.90. The summed E-state index contributed by atoms with van der Waals surface area (Å²) >= 11 is 3.30. The van der Waals surface area contributed by atoms with Crippen molar-refractivity contribution in [2.75, 3.05) is 0 Å². The van der Waals surface area contributed by atoms with Crippen molar-refractivity contribution in [3.63, 3.8) is 0 Å². The molecule has 9 heteroatoms. The fraction of sp³-hybridized carbons (Fsp3) is 0. The molecule has 0 aliphatic rings. The molecule has 0 atom stereocenters. The lowest BCUT2D eigenvalue weighted by molar-refractivity contribution is 0.482. The van der Waals surface area contributed by atoms with Crippen LogP contribution in [0.3, 0.4) is 0 Å². The van der Waals surface area contributed by atoms with Crippen molar-refractivity contribution < 1.29 is 4.74 Å². The molecular formula is C18H12N2OS6. The molecule has 0 aliphatic carbocycles. The van der Waals surface area contributed by atoms with Gasteiger partial charge in [-0.25, -0.2) is 9.97 Å². The van der Waals surface area contributed by atoms with Crippen LogP contribution in [0.2, 0.25) is 0 Å². The van der Waals surface area contributed by atoms with Crippen LogP contribution in [-0.2, 0) is 0 Å². The van der Waals surface area contributed by atoms with Crippen LogP contribution < -0.4 is 4.74 Å². The van der Waals surface area contributed by atoms with Gasteiger partial charge in [-0.05, 0) is 70.1 Å². The molecule has 0 N–H and O–H groups in total. The molecule has 0 bridgehead atoms. The molecule has 0 fully saturated rings. The average molecular weight is 465 g/mol. The van der Waals surface area contributed by atoms with Crippen LogP contribution in [0.1, 0.15) is 0 Å². The van der Waals surface area contributed by atoms with Crippen molar-refractivity contribution >= 4 is 65.8 Å². The smallest absolute Gasteiger partial charge is 0.160 e. The van der Waals surface area contributed by atoms with Crippen LogP contribution in [0, 0.1) is 0 Å². The number of hydrogen-bond acceptors (Lipinski definition) is 9. The Bertz CT molecular complexity index is 861. The first-order valence-electron chi connectivity index (χ1n) is 7.71. The number of thiazole rings is 2. The van der Waals surface area contributed by atoms with E-state index in [1.165, 1.54) is 9.79 Å². The maximum Gasteiger partial charge on any atom is 0.160 e. The van der Waals surface area contributed by atoms with Crippen LogP contribution in [0.4, 0.5) is 0 Å². The Labute approximate surface area is 181 Å². The number of rotatable bonds is 8. The highest BCUT2D eigenvalue weighted by Crippen LogP contribution is 2.40. The third kappa shape index (κ3) is 5.94. The van der Waals surface area contributed by atoms with E-state index in [-0.39, 0.29) is 0 Å². The predicted octanol–water partition coefficient (Wildman–Crippen LogP) is 7.99. The van der Waals surface area contributed by atoms with E-state index in [0.29, 0.717) is 0 Å². The molecule has 4 rings (SSSR count). The molecule has 0 saturated carbocycles. The zero-order chi connectivity index (χ0) is 18.3. The zero-order valence-electron chi connectivity index (χ0n) is 13.7. The molecule has 2 aromatic heterocycles. The average Bonchev–Trinajstić information content (AvgIpc) is 3.41. The highest BCUT2D eigenvalue weighted by Gasteiger charge is 2.03. The Morgan fingerprint density at radius 2 is 1.04 bits per heavy atom. The van der Waals surface area contributed by atoms with E-state index in [0.717, 1.165) is 20.2 Å². The molecule has 0 saturated heterocycles. The van der Waals surface area contributed by atoms with Crippen molar-refractivity contribution in [2.45, 2.75) is 18.5 Å². The maximum absolute atomic E-state index is 5.94. The lowest BCUT2D eigenvalue weighted by Gasteiger charge is -2.07. The number of ether oxygens (including phenoxy) is 1. The van der Waals surface area contributed by atoms with Gasteiger partial charge in [0, 0.05) is 32.9 Å². The summed E-state index contributed by atoms with van der Waals surface area (Å²) < 4.78 is 8.06. The molecule has 0 aliphatic heterocycles. The van der Waals surface area contributed by atoms with Gasteiger partial charge >= 0.3 is 0 Å². The SMILES string of the molecule is c1csc(SSc2ccc(Oc3ccc(SSc4nccs4)cc3)cc2)n1. The number of aromatic nitrogens is 2. The largest absolute Gasteiger partial charge is 0.457 e. The van der Waals surface area contributed by atoms with E-state index in [1.54, 1.807) is 65.8 Å². The standard InChI is InChI=1S/C18H12N2OS6/c1-5-15(24-26-17-19-9-11-22-17)6-2-13(1)21-14-3-7-16(8-4-14)25-27-18-20-10-12-23-18/h1-12H. The van der Waals surface area contributed by atoms with Crippen molar-refractivity contribution in [1.29, 1.82) is 0 Å². The second-order valence-corrected chi connectivity index (χ2v) is 11.7. The fourth-order valence-corrected chi connectivity index (χ4v) is 7.59. The number of nitrogens with zero attached hydrogens (tertiary/aromatic N) is 2. The molecule has 0 unspecified atom stereocenters. The summed E-state index contributed by atoms with van der Waals surface area (Å²) in [7, 11) is 6.74. The summed E-state index contributed by atoms with van der Waals surface area (Å²) in [4.78, 5) is 10.9. The first-order valence-corrected chi connectivity index (χ1v) is 13.8. The molecule has 0 radical (unpaired) electrons. The van der Waals surface area contributed by atoms with Crippen LogP contribution >= 0.6 is 65.8 Å². The molecule has 3 nitrogen and oxygen atoms in total. The highest BCUT2D eigenvalue weighted by atomic mass is 33.1. The minimum absolute atomic E-state index is 0.830. The normalized spacial score (nSPS) is 10.8. The Morgan fingerprint density at radius 3 is 1.41 bits per heavy atom. The van der Waals surface area contributed by atoms with E-state index in [2.05, 4.69) is 34.2 Å². The summed E-state index contributed by atoms with van der Waals surface area (Å²) in [6.45, 7) is 0. The minimum Gasteiger partial charge on any atom is -0.457 e. The summed E-state index contributed by atoms with van der Waals surface area (Å²) in [5.74, 6) is 1.66. The molecule has 2 aromatic carbocycles. The molecule has 4 aromatic rings. The number of benzene rings is 2. The topological polar surface area (TPSA) is 35.0 Å². The monoisotopic (exact) mass is 464 g/mol. The van der Waals surface area contributed by atoms with E-state index in [4.69, 9.17) is 4.74 Å². The van der Waals surface area contributed by atoms with E-state index in [1.807, 2.05) is 47.4 Å². The Morgan fingerprint density at radius 1 is 0.593 bits per heavy atom. The van der Waals surface area contributed by atoms with Gasteiger partial charge in [-0.3, -0.25) is 0 Å². The lowest BCUT2D eigenvalue weighted by Crippen LogP contribution is -1.83. The highest BCUT2D eigenvalue weighted by molar-refractivity contribution is 8.77. The van der Waals surface area contributed by atoms with E-state index in [9.17, 15) is 0 Å². The molecule has 136 valence electrons. The van der Waals surface area contributed by atoms with Gasteiger partial charge in [0.05, 0.1) is 0 Å². The van der Waals surface area contributed by atoms with Crippen molar-refractivity contribution in [2.24, 2.45) is 0 Å².